The Balaban J connectivity index is 2.10. The quantitative estimate of drug-likeness (QED) is 0.666. The zero-order valence-corrected chi connectivity index (χ0v) is 8.25. The lowest BCUT2D eigenvalue weighted by molar-refractivity contribution is -0.127. The molecule has 0 atom stereocenters. The van der Waals surface area contributed by atoms with Crippen LogP contribution in [0.25, 0.3) is 0 Å². The van der Waals surface area contributed by atoms with Crippen LogP contribution in [0.1, 0.15) is 26.7 Å². The first kappa shape index (κ1) is 10.3. The SMILES string of the molecule is CC(C)OCC(=O)NC1CC=CC1. The van der Waals surface area contributed by atoms with Gasteiger partial charge in [0.1, 0.15) is 6.61 Å². The van der Waals surface area contributed by atoms with Crippen LogP contribution in [0.15, 0.2) is 12.2 Å². The maximum atomic E-state index is 11.2. The highest BCUT2D eigenvalue weighted by Gasteiger charge is 2.12. The maximum Gasteiger partial charge on any atom is 0.246 e. The van der Waals surface area contributed by atoms with Crippen molar-refractivity contribution >= 4 is 5.91 Å². The second kappa shape index (κ2) is 5.02. The minimum Gasteiger partial charge on any atom is -0.369 e. The highest BCUT2D eigenvalue weighted by Crippen LogP contribution is 2.08. The fraction of sp³-hybridized carbons (Fsp3) is 0.700. The lowest BCUT2D eigenvalue weighted by atomic mass is 10.2. The summed E-state index contributed by atoms with van der Waals surface area (Å²) in [5.74, 6) is -0.0117. The molecule has 74 valence electrons. The van der Waals surface area contributed by atoms with Crippen molar-refractivity contribution in [1.82, 2.24) is 5.32 Å². The van der Waals surface area contributed by atoms with Gasteiger partial charge in [0.2, 0.25) is 5.91 Å². The second-order valence-electron chi connectivity index (χ2n) is 3.57. The molecule has 0 spiro atoms. The number of ether oxygens (including phenoxy) is 1. The van der Waals surface area contributed by atoms with Crippen LogP contribution < -0.4 is 5.32 Å². The molecule has 1 amide bonds. The highest BCUT2D eigenvalue weighted by atomic mass is 16.5. The average molecular weight is 183 g/mol. The lowest BCUT2D eigenvalue weighted by Crippen LogP contribution is -2.36. The first-order valence-corrected chi connectivity index (χ1v) is 4.74. The minimum atomic E-state index is -0.0117. The molecule has 1 N–H and O–H groups in total. The lowest BCUT2D eigenvalue weighted by Gasteiger charge is -2.13. The third-order valence-electron chi connectivity index (χ3n) is 1.92. The van der Waals surface area contributed by atoms with E-state index in [0.29, 0.717) is 6.04 Å². The van der Waals surface area contributed by atoms with E-state index in [1.807, 2.05) is 13.8 Å². The van der Waals surface area contributed by atoms with Crippen LogP contribution in [-0.2, 0) is 9.53 Å². The van der Waals surface area contributed by atoms with E-state index < -0.39 is 0 Å². The maximum absolute atomic E-state index is 11.2. The Morgan fingerprint density at radius 3 is 2.69 bits per heavy atom. The third kappa shape index (κ3) is 4.08. The van der Waals surface area contributed by atoms with E-state index in [0.717, 1.165) is 12.8 Å². The minimum absolute atomic E-state index is 0.0117. The molecule has 3 nitrogen and oxygen atoms in total. The van der Waals surface area contributed by atoms with Gasteiger partial charge in [-0.2, -0.15) is 0 Å². The van der Waals surface area contributed by atoms with Crippen LogP contribution in [-0.4, -0.2) is 24.7 Å². The van der Waals surface area contributed by atoms with E-state index in [-0.39, 0.29) is 18.6 Å². The van der Waals surface area contributed by atoms with Gasteiger partial charge in [-0.15, -0.1) is 0 Å². The van der Waals surface area contributed by atoms with E-state index in [4.69, 9.17) is 4.74 Å². The Labute approximate surface area is 79.2 Å². The molecule has 1 aliphatic carbocycles. The number of hydrogen-bond acceptors (Lipinski definition) is 2. The second-order valence-corrected chi connectivity index (χ2v) is 3.57. The summed E-state index contributed by atoms with van der Waals surface area (Å²) in [5, 5.41) is 2.91. The van der Waals surface area contributed by atoms with Gasteiger partial charge in [0.05, 0.1) is 6.10 Å². The Morgan fingerprint density at radius 2 is 2.15 bits per heavy atom. The Hall–Kier alpha value is -0.830. The van der Waals surface area contributed by atoms with Crippen LogP contribution in [0.4, 0.5) is 0 Å². The van der Waals surface area contributed by atoms with Gasteiger partial charge in [-0.3, -0.25) is 4.79 Å². The first-order chi connectivity index (χ1) is 6.18. The molecule has 0 fully saturated rings. The predicted octanol–water partition coefficient (Wildman–Crippen LogP) is 1.25. The molecule has 0 aromatic rings. The molecule has 1 aliphatic rings. The van der Waals surface area contributed by atoms with E-state index in [1.54, 1.807) is 0 Å². The van der Waals surface area contributed by atoms with Gasteiger partial charge in [0.25, 0.3) is 0 Å². The molecule has 0 bridgehead atoms. The molecule has 1 rings (SSSR count). The van der Waals surface area contributed by atoms with Crippen molar-refractivity contribution in [3.05, 3.63) is 12.2 Å². The fourth-order valence-corrected chi connectivity index (χ4v) is 1.25. The number of amides is 1. The van der Waals surface area contributed by atoms with E-state index >= 15 is 0 Å². The van der Waals surface area contributed by atoms with Gasteiger partial charge >= 0.3 is 0 Å². The summed E-state index contributed by atoms with van der Waals surface area (Å²) in [7, 11) is 0. The van der Waals surface area contributed by atoms with Crippen molar-refractivity contribution in [2.24, 2.45) is 0 Å². The van der Waals surface area contributed by atoms with Crippen molar-refractivity contribution in [1.29, 1.82) is 0 Å². The third-order valence-corrected chi connectivity index (χ3v) is 1.92. The van der Waals surface area contributed by atoms with Crippen molar-refractivity contribution in [3.8, 4) is 0 Å². The Kier molecular flexibility index (Phi) is 3.96. The van der Waals surface area contributed by atoms with Gasteiger partial charge in [0.15, 0.2) is 0 Å². The topological polar surface area (TPSA) is 38.3 Å². The standard InChI is InChI=1S/C10H17NO2/c1-8(2)13-7-10(12)11-9-5-3-4-6-9/h3-4,8-9H,5-7H2,1-2H3,(H,11,12). The number of carbonyl (C=O) groups is 1. The summed E-state index contributed by atoms with van der Waals surface area (Å²) in [6.07, 6.45) is 6.20. The summed E-state index contributed by atoms with van der Waals surface area (Å²) in [6.45, 7) is 4.02. The van der Waals surface area contributed by atoms with E-state index in [1.165, 1.54) is 0 Å². The van der Waals surface area contributed by atoms with Gasteiger partial charge in [-0.05, 0) is 26.7 Å². The predicted molar refractivity (Wildman–Crippen MR) is 51.4 cm³/mol. The zero-order chi connectivity index (χ0) is 9.68. The van der Waals surface area contributed by atoms with Crippen LogP contribution >= 0.6 is 0 Å². The van der Waals surface area contributed by atoms with Crippen LogP contribution in [0.2, 0.25) is 0 Å². The van der Waals surface area contributed by atoms with Crippen LogP contribution in [0, 0.1) is 0 Å². The largest absolute Gasteiger partial charge is 0.369 e. The van der Waals surface area contributed by atoms with Crippen molar-refractivity contribution in [2.75, 3.05) is 6.61 Å². The van der Waals surface area contributed by atoms with E-state index in [9.17, 15) is 4.79 Å². The number of nitrogens with one attached hydrogen (secondary N) is 1. The van der Waals surface area contributed by atoms with Crippen LogP contribution in [0.5, 0.6) is 0 Å². The molecule has 0 heterocycles. The summed E-state index contributed by atoms with van der Waals surface area (Å²) in [6, 6.07) is 0.295. The number of carbonyl (C=O) groups excluding carboxylic acids is 1. The van der Waals surface area contributed by atoms with Crippen molar-refractivity contribution < 1.29 is 9.53 Å². The summed E-state index contributed by atoms with van der Waals surface area (Å²) in [5.41, 5.74) is 0. The molecule has 3 heteroatoms. The van der Waals surface area contributed by atoms with Gasteiger partial charge in [-0.25, -0.2) is 0 Å². The first-order valence-electron chi connectivity index (χ1n) is 4.74. The fourth-order valence-electron chi connectivity index (χ4n) is 1.25. The summed E-state index contributed by atoms with van der Waals surface area (Å²) < 4.78 is 5.18. The molecule has 0 aromatic carbocycles. The normalized spacial score (nSPS) is 16.8. The molecular weight excluding hydrogens is 166 g/mol. The molecule has 0 aromatic heterocycles. The molecular formula is C10H17NO2. The molecule has 0 saturated heterocycles. The van der Waals surface area contributed by atoms with E-state index in [2.05, 4.69) is 17.5 Å². The Morgan fingerprint density at radius 1 is 1.54 bits per heavy atom. The average Bonchev–Trinajstić information content (AvgIpc) is 2.53. The van der Waals surface area contributed by atoms with Crippen LogP contribution in [0.3, 0.4) is 0 Å². The molecule has 13 heavy (non-hydrogen) atoms. The molecule has 0 unspecified atom stereocenters. The molecule has 0 radical (unpaired) electrons. The summed E-state index contributed by atoms with van der Waals surface area (Å²) >= 11 is 0. The molecule has 0 aliphatic heterocycles. The van der Waals surface area contributed by atoms with Crippen molar-refractivity contribution in [2.45, 2.75) is 38.8 Å². The smallest absolute Gasteiger partial charge is 0.246 e. The van der Waals surface area contributed by atoms with Crippen molar-refractivity contribution in [3.63, 3.8) is 0 Å². The van der Waals surface area contributed by atoms with Gasteiger partial charge < -0.3 is 10.1 Å². The number of hydrogen-bond donors (Lipinski definition) is 1. The van der Waals surface area contributed by atoms with Gasteiger partial charge in [-0.1, -0.05) is 12.2 Å². The number of rotatable bonds is 4. The van der Waals surface area contributed by atoms with Gasteiger partial charge in [0, 0.05) is 6.04 Å². The summed E-state index contributed by atoms with van der Waals surface area (Å²) in [4.78, 5) is 11.2. The highest BCUT2D eigenvalue weighted by molar-refractivity contribution is 5.77. The monoisotopic (exact) mass is 183 g/mol. The Bertz CT molecular complexity index is 191. The molecule has 0 saturated carbocycles. The zero-order valence-electron chi connectivity index (χ0n) is 8.25.